The Hall–Kier alpha value is -0.940. The van der Waals surface area contributed by atoms with Crippen LogP contribution in [0.3, 0.4) is 0 Å². The lowest BCUT2D eigenvalue weighted by molar-refractivity contribution is 0.184. The van der Waals surface area contributed by atoms with Crippen LogP contribution in [0.1, 0.15) is 37.6 Å². The van der Waals surface area contributed by atoms with Gasteiger partial charge in [0.2, 0.25) is 5.89 Å². The summed E-state index contributed by atoms with van der Waals surface area (Å²) in [4.78, 5) is 6.46. The van der Waals surface area contributed by atoms with Crippen molar-refractivity contribution in [2.24, 2.45) is 0 Å². The van der Waals surface area contributed by atoms with E-state index in [4.69, 9.17) is 4.52 Å². The molecular weight excluding hydrogens is 194 g/mol. The van der Waals surface area contributed by atoms with Crippen molar-refractivity contribution in [1.82, 2.24) is 15.0 Å². The Morgan fingerprint density at radius 3 is 3.00 bits per heavy atom. The minimum atomic E-state index is -0.649. The lowest BCUT2D eigenvalue weighted by Gasteiger charge is -2.16. The summed E-state index contributed by atoms with van der Waals surface area (Å²) < 4.78 is 5.09. The molecule has 1 aliphatic heterocycles. The highest BCUT2D eigenvalue weighted by Crippen LogP contribution is 2.19. The molecule has 0 aromatic carbocycles. The highest BCUT2D eigenvalue weighted by Gasteiger charge is 2.23. The molecule has 0 bridgehead atoms. The van der Waals surface area contributed by atoms with Crippen LogP contribution in [0.2, 0.25) is 0 Å². The largest absolute Gasteiger partial charge is 0.385 e. The molecular formula is C10H17N3O2. The van der Waals surface area contributed by atoms with Gasteiger partial charge in [-0.1, -0.05) is 5.16 Å². The molecule has 84 valence electrons. The highest BCUT2D eigenvalue weighted by molar-refractivity contribution is 4.93. The van der Waals surface area contributed by atoms with Crippen LogP contribution in [0.25, 0.3) is 0 Å². The van der Waals surface area contributed by atoms with Crippen molar-refractivity contribution in [3.63, 3.8) is 0 Å². The molecule has 1 aromatic rings. The smallest absolute Gasteiger partial charge is 0.228 e. The van der Waals surface area contributed by atoms with Gasteiger partial charge < -0.3 is 14.5 Å². The number of rotatable bonds is 3. The average molecular weight is 211 g/mol. The van der Waals surface area contributed by atoms with Gasteiger partial charge in [-0.2, -0.15) is 4.98 Å². The number of aliphatic hydroxyl groups excluding tert-OH is 1. The maximum Gasteiger partial charge on any atom is 0.228 e. The van der Waals surface area contributed by atoms with Crippen molar-refractivity contribution in [2.45, 2.75) is 38.3 Å². The summed E-state index contributed by atoms with van der Waals surface area (Å²) in [5.74, 6) is 1.01. The fourth-order valence-electron chi connectivity index (χ4n) is 1.96. The number of likely N-dealkylation sites (N-methyl/N-ethyl adjacent to an activating group) is 1. The summed E-state index contributed by atoms with van der Waals surface area (Å²) in [5, 5.41) is 13.0. The fraction of sp³-hybridized carbons (Fsp3) is 0.800. The van der Waals surface area contributed by atoms with Crippen LogP contribution in [0.4, 0.5) is 0 Å². The van der Waals surface area contributed by atoms with E-state index in [-0.39, 0.29) is 0 Å². The number of likely N-dealkylation sites (tertiary alicyclic amines) is 1. The molecule has 1 N–H and O–H groups in total. The van der Waals surface area contributed by atoms with E-state index < -0.39 is 6.10 Å². The van der Waals surface area contributed by atoms with Crippen molar-refractivity contribution in [3.05, 3.63) is 11.7 Å². The Morgan fingerprint density at radius 2 is 2.47 bits per heavy atom. The molecule has 1 aromatic heterocycles. The van der Waals surface area contributed by atoms with Crippen LogP contribution < -0.4 is 0 Å². The van der Waals surface area contributed by atoms with Gasteiger partial charge in [0.15, 0.2) is 5.82 Å². The summed E-state index contributed by atoms with van der Waals surface area (Å²) in [6.45, 7) is 2.78. The maximum absolute atomic E-state index is 9.25. The monoisotopic (exact) mass is 211 g/mol. The summed E-state index contributed by atoms with van der Waals surface area (Å²) in [6.07, 6.45) is 2.56. The first-order valence-electron chi connectivity index (χ1n) is 5.37. The molecule has 1 fully saturated rings. The van der Waals surface area contributed by atoms with E-state index >= 15 is 0 Å². The second kappa shape index (κ2) is 4.28. The number of nitrogens with zero attached hydrogens (tertiary/aromatic N) is 3. The third-order valence-corrected chi connectivity index (χ3v) is 2.94. The zero-order valence-electron chi connectivity index (χ0n) is 9.18. The first-order valence-corrected chi connectivity index (χ1v) is 5.37. The second-order valence-electron chi connectivity index (χ2n) is 4.20. The predicted molar refractivity (Wildman–Crippen MR) is 54.3 cm³/mol. The molecule has 5 nitrogen and oxygen atoms in total. The van der Waals surface area contributed by atoms with E-state index in [2.05, 4.69) is 22.1 Å². The molecule has 0 amide bonds. The SMILES string of the molecule is CC(O)c1noc(CC2CCCN2C)n1. The molecule has 0 saturated carbocycles. The fourth-order valence-corrected chi connectivity index (χ4v) is 1.96. The predicted octanol–water partition coefficient (Wildman–Crippen LogP) is 0.760. The van der Waals surface area contributed by atoms with Crippen molar-refractivity contribution in [3.8, 4) is 0 Å². The van der Waals surface area contributed by atoms with E-state index in [0.717, 1.165) is 13.0 Å². The topological polar surface area (TPSA) is 62.4 Å². The molecule has 1 saturated heterocycles. The Kier molecular flexibility index (Phi) is 3.02. The Labute approximate surface area is 89.1 Å². The minimum Gasteiger partial charge on any atom is -0.385 e. The van der Waals surface area contributed by atoms with Crippen molar-refractivity contribution in [2.75, 3.05) is 13.6 Å². The summed E-state index contributed by atoms with van der Waals surface area (Å²) in [6, 6.07) is 0.507. The van der Waals surface area contributed by atoms with Gasteiger partial charge in [-0.05, 0) is 33.4 Å². The third-order valence-electron chi connectivity index (χ3n) is 2.94. The zero-order chi connectivity index (χ0) is 10.8. The zero-order valence-corrected chi connectivity index (χ0v) is 9.18. The van der Waals surface area contributed by atoms with Crippen LogP contribution in [-0.4, -0.2) is 39.8 Å². The van der Waals surface area contributed by atoms with Crippen LogP contribution in [0.5, 0.6) is 0 Å². The number of hydrogen-bond donors (Lipinski definition) is 1. The van der Waals surface area contributed by atoms with E-state index in [1.54, 1.807) is 6.92 Å². The Morgan fingerprint density at radius 1 is 1.67 bits per heavy atom. The van der Waals surface area contributed by atoms with Gasteiger partial charge in [0.05, 0.1) is 0 Å². The maximum atomic E-state index is 9.25. The van der Waals surface area contributed by atoms with Crippen molar-refractivity contribution >= 4 is 0 Å². The van der Waals surface area contributed by atoms with Gasteiger partial charge in [0.25, 0.3) is 0 Å². The van der Waals surface area contributed by atoms with Crippen molar-refractivity contribution in [1.29, 1.82) is 0 Å². The van der Waals surface area contributed by atoms with Crippen molar-refractivity contribution < 1.29 is 9.63 Å². The first kappa shape index (κ1) is 10.6. The van der Waals surface area contributed by atoms with E-state index in [1.165, 1.54) is 12.8 Å². The summed E-state index contributed by atoms with van der Waals surface area (Å²) >= 11 is 0. The molecule has 0 spiro atoms. The molecule has 2 rings (SSSR count). The summed E-state index contributed by atoms with van der Waals surface area (Å²) in [7, 11) is 2.11. The molecule has 15 heavy (non-hydrogen) atoms. The number of aromatic nitrogens is 2. The van der Waals surface area contributed by atoms with E-state index in [1.807, 2.05) is 0 Å². The molecule has 5 heteroatoms. The number of hydrogen-bond acceptors (Lipinski definition) is 5. The molecule has 0 aliphatic carbocycles. The average Bonchev–Trinajstić information content (AvgIpc) is 2.77. The summed E-state index contributed by atoms with van der Waals surface area (Å²) in [5.41, 5.74) is 0. The molecule has 1 aliphatic rings. The standard InChI is InChI=1S/C10H17N3O2/c1-7(14)10-11-9(15-12-10)6-8-4-3-5-13(8)2/h7-8,14H,3-6H2,1-2H3. The molecule has 2 atom stereocenters. The van der Waals surface area contributed by atoms with E-state index in [9.17, 15) is 5.11 Å². The highest BCUT2D eigenvalue weighted by atomic mass is 16.5. The quantitative estimate of drug-likeness (QED) is 0.799. The van der Waals surface area contributed by atoms with Gasteiger partial charge >= 0.3 is 0 Å². The Balaban J connectivity index is 1.98. The minimum absolute atomic E-state index is 0.380. The third kappa shape index (κ3) is 2.35. The molecule has 2 unspecified atom stereocenters. The van der Waals surface area contributed by atoms with E-state index in [0.29, 0.717) is 17.8 Å². The van der Waals surface area contributed by atoms with Gasteiger partial charge in [0, 0.05) is 12.5 Å². The lowest BCUT2D eigenvalue weighted by Crippen LogP contribution is -2.26. The molecule has 2 heterocycles. The first-order chi connectivity index (χ1) is 7.16. The van der Waals surface area contributed by atoms with Gasteiger partial charge in [-0.15, -0.1) is 0 Å². The molecule has 0 radical (unpaired) electrons. The second-order valence-corrected chi connectivity index (χ2v) is 4.20. The van der Waals surface area contributed by atoms with Crippen LogP contribution in [-0.2, 0) is 6.42 Å². The van der Waals surface area contributed by atoms with Gasteiger partial charge in [0.1, 0.15) is 6.10 Å². The van der Waals surface area contributed by atoms with Gasteiger partial charge in [-0.25, -0.2) is 0 Å². The normalized spacial score (nSPS) is 24.6. The number of aliphatic hydroxyl groups is 1. The van der Waals surface area contributed by atoms with Gasteiger partial charge in [-0.3, -0.25) is 0 Å². The lowest BCUT2D eigenvalue weighted by atomic mass is 10.1. The van der Waals surface area contributed by atoms with Crippen LogP contribution in [0, 0.1) is 0 Å². The van der Waals surface area contributed by atoms with Crippen LogP contribution >= 0.6 is 0 Å². The van der Waals surface area contributed by atoms with Crippen LogP contribution in [0.15, 0.2) is 4.52 Å². The Bertz CT molecular complexity index is 324.